The molecule has 0 heterocycles. The van der Waals surface area contributed by atoms with Gasteiger partial charge >= 0.3 is 6.09 Å². The first-order valence-corrected chi connectivity index (χ1v) is 8.60. The topological polar surface area (TPSA) is 50.4 Å². The molecule has 1 aromatic rings. The molecule has 4 nitrogen and oxygen atoms in total. The Kier molecular flexibility index (Phi) is 5.82. The number of rotatable bonds is 4. The van der Waals surface area contributed by atoms with Crippen molar-refractivity contribution in [1.29, 1.82) is 0 Å². The molecule has 1 fully saturated rings. The van der Waals surface area contributed by atoms with E-state index in [4.69, 9.17) is 27.9 Å². The maximum Gasteiger partial charge on any atom is 0.407 e. The van der Waals surface area contributed by atoms with Crippen molar-refractivity contribution in [2.75, 3.05) is 0 Å². The molecular weight excluding hydrogens is 335 g/mol. The Bertz CT molecular complexity index is 566. The van der Waals surface area contributed by atoms with Crippen LogP contribution in [-0.2, 0) is 4.74 Å². The van der Waals surface area contributed by atoms with Crippen molar-refractivity contribution in [3.63, 3.8) is 0 Å². The van der Waals surface area contributed by atoms with Crippen molar-refractivity contribution in [2.24, 2.45) is 0 Å². The molecular formula is C17H24Cl2N2O2. The zero-order chi connectivity index (χ0) is 17.2. The number of halogens is 2. The molecule has 1 amide bonds. The number of benzene rings is 1. The fourth-order valence-corrected chi connectivity index (χ4v) is 2.88. The van der Waals surface area contributed by atoms with Gasteiger partial charge < -0.3 is 15.4 Å². The Morgan fingerprint density at radius 1 is 1.22 bits per heavy atom. The number of hydrogen-bond acceptors (Lipinski definition) is 3. The molecule has 1 aliphatic rings. The van der Waals surface area contributed by atoms with Crippen molar-refractivity contribution < 1.29 is 9.53 Å². The van der Waals surface area contributed by atoms with E-state index in [1.54, 1.807) is 0 Å². The molecule has 0 saturated heterocycles. The summed E-state index contributed by atoms with van der Waals surface area (Å²) in [5, 5.41) is 7.56. The Morgan fingerprint density at radius 2 is 1.87 bits per heavy atom. The Morgan fingerprint density at radius 3 is 2.43 bits per heavy atom. The molecule has 1 unspecified atom stereocenters. The monoisotopic (exact) mass is 358 g/mol. The van der Waals surface area contributed by atoms with Crippen LogP contribution in [0.25, 0.3) is 0 Å². The zero-order valence-corrected chi connectivity index (χ0v) is 15.5. The molecule has 0 aromatic heterocycles. The average Bonchev–Trinajstić information content (AvgIpc) is 2.37. The molecule has 1 aliphatic carbocycles. The smallest absolute Gasteiger partial charge is 0.407 e. The summed E-state index contributed by atoms with van der Waals surface area (Å²) >= 11 is 12.0. The average molecular weight is 359 g/mol. The molecule has 1 atom stereocenters. The van der Waals surface area contributed by atoms with Crippen LogP contribution >= 0.6 is 23.2 Å². The lowest BCUT2D eigenvalue weighted by atomic mass is 9.86. The van der Waals surface area contributed by atoms with E-state index in [1.165, 1.54) is 0 Å². The molecule has 0 aliphatic heterocycles. The summed E-state index contributed by atoms with van der Waals surface area (Å²) in [4.78, 5) is 11.7. The van der Waals surface area contributed by atoms with Crippen molar-refractivity contribution in [3.05, 3.63) is 33.8 Å². The van der Waals surface area contributed by atoms with E-state index in [1.807, 2.05) is 39.0 Å². The minimum absolute atomic E-state index is 0.170. The first-order valence-electron chi connectivity index (χ1n) is 7.84. The van der Waals surface area contributed by atoms with E-state index in [0.717, 1.165) is 18.4 Å². The number of alkyl carbamates (subject to hydrolysis) is 1. The highest BCUT2D eigenvalue weighted by Gasteiger charge is 2.32. The molecule has 1 aromatic carbocycles. The van der Waals surface area contributed by atoms with Gasteiger partial charge in [-0.25, -0.2) is 4.79 Å². The normalized spacial score (nSPS) is 22.2. The van der Waals surface area contributed by atoms with Gasteiger partial charge in [-0.1, -0.05) is 29.3 Å². The lowest BCUT2D eigenvalue weighted by Gasteiger charge is -2.38. The van der Waals surface area contributed by atoms with Crippen LogP contribution in [0.2, 0.25) is 10.0 Å². The fraction of sp³-hybridized carbons (Fsp3) is 0.588. The fourth-order valence-electron chi connectivity index (χ4n) is 2.58. The van der Waals surface area contributed by atoms with Gasteiger partial charge in [-0.15, -0.1) is 0 Å². The summed E-state index contributed by atoms with van der Waals surface area (Å²) in [6, 6.07) is 6.39. The van der Waals surface area contributed by atoms with Gasteiger partial charge in [-0.2, -0.15) is 0 Å². The quantitative estimate of drug-likeness (QED) is 0.819. The van der Waals surface area contributed by atoms with Gasteiger partial charge in [-0.05, 0) is 58.2 Å². The standard InChI is InChI=1S/C17H24Cl2N2O2/c1-10(11-5-6-14(18)15(19)7-11)20-12-8-13(9-12)21-16(22)23-17(2,3)4/h5-7,10,12-13,20H,8-9H2,1-4H3,(H,21,22). The Labute approximate surface area is 147 Å². The Hall–Kier alpha value is -0.970. The maximum absolute atomic E-state index is 11.7. The van der Waals surface area contributed by atoms with E-state index < -0.39 is 5.60 Å². The van der Waals surface area contributed by atoms with Gasteiger partial charge in [0.25, 0.3) is 0 Å². The van der Waals surface area contributed by atoms with E-state index in [9.17, 15) is 4.79 Å². The van der Waals surface area contributed by atoms with Gasteiger partial charge in [0.1, 0.15) is 5.60 Å². The van der Waals surface area contributed by atoms with Gasteiger partial charge in [-0.3, -0.25) is 0 Å². The summed E-state index contributed by atoms with van der Waals surface area (Å²) in [5.74, 6) is 0. The second kappa shape index (κ2) is 7.29. The first kappa shape index (κ1) is 18.4. The minimum Gasteiger partial charge on any atom is -0.444 e. The van der Waals surface area contributed by atoms with Crippen LogP contribution in [0.3, 0.4) is 0 Å². The lowest BCUT2D eigenvalue weighted by molar-refractivity contribution is 0.0463. The second-order valence-electron chi connectivity index (χ2n) is 7.07. The van der Waals surface area contributed by atoms with Gasteiger partial charge in [0.05, 0.1) is 10.0 Å². The van der Waals surface area contributed by atoms with E-state index in [2.05, 4.69) is 17.6 Å². The Balaban J connectivity index is 1.75. The van der Waals surface area contributed by atoms with E-state index in [-0.39, 0.29) is 18.2 Å². The molecule has 2 rings (SSSR count). The molecule has 0 radical (unpaired) electrons. The van der Waals surface area contributed by atoms with Gasteiger partial charge in [0.15, 0.2) is 0 Å². The van der Waals surface area contributed by atoms with Crippen LogP contribution < -0.4 is 10.6 Å². The van der Waals surface area contributed by atoms with Gasteiger partial charge in [0.2, 0.25) is 0 Å². The highest BCUT2D eigenvalue weighted by atomic mass is 35.5. The largest absolute Gasteiger partial charge is 0.444 e. The van der Waals surface area contributed by atoms with Crippen LogP contribution in [0, 0.1) is 0 Å². The molecule has 128 valence electrons. The third-order valence-electron chi connectivity index (χ3n) is 3.79. The predicted molar refractivity (Wildman–Crippen MR) is 94.2 cm³/mol. The van der Waals surface area contributed by atoms with Crippen molar-refractivity contribution >= 4 is 29.3 Å². The highest BCUT2D eigenvalue weighted by molar-refractivity contribution is 6.42. The lowest BCUT2D eigenvalue weighted by Crippen LogP contribution is -2.53. The number of carbonyl (C=O) groups is 1. The highest BCUT2D eigenvalue weighted by Crippen LogP contribution is 2.28. The molecule has 1 saturated carbocycles. The van der Waals surface area contributed by atoms with Crippen LogP contribution in [0.15, 0.2) is 18.2 Å². The third-order valence-corrected chi connectivity index (χ3v) is 4.53. The minimum atomic E-state index is -0.464. The van der Waals surface area contributed by atoms with Crippen LogP contribution in [0.5, 0.6) is 0 Å². The summed E-state index contributed by atoms with van der Waals surface area (Å²) < 4.78 is 5.26. The van der Waals surface area contributed by atoms with Crippen molar-refractivity contribution in [3.8, 4) is 0 Å². The molecule has 23 heavy (non-hydrogen) atoms. The summed E-state index contributed by atoms with van der Waals surface area (Å²) in [5.41, 5.74) is 0.636. The molecule has 0 bridgehead atoms. The number of nitrogens with one attached hydrogen (secondary N) is 2. The molecule has 6 heteroatoms. The van der Waals surface area contributed by atoms with Crippen molar-refractivity contribution in [1.82, 2.24) is 10.6 Å². The first-order chi connectivity index (χ1) is 10.6. The second-order valence-corrected chi connectivity index (χ2v) is 7.89. The van der Waals surface area contributed by atoms with Crippen LogP contribution in [-0.4, -0.2) is 23.8 Å². The zero-order valence-electron chi connectivity index (χ0n) is 14.0. The van der Waals surface area contributed by atoms with E-state index in [0.29, 0.717) is 16.1 Å². The van der Waals surface area contributed by atoms with Crippen molar-refractivity contribution in [2.45, 2.75) is 64.3 Å². The van der Waals surface area contributed by atoms with Crippen LogP contribution in [0.4, 0.5) is 4.79 Å². The van der Waals surface area contributed by atoms with Crippen LogP contribution in [0.1, 0.15) is 52.1 Å². The third kappa shape index (κ3) is 5.55. The summed E-state index contributed by atoms with van der Waals surface area (Å²) in [7, 11) is 0. The number of hydrogen-bond donors (Lipinski definition) is 2. The summed E-state index contributed by atoms with van der Waals surface area (Å²) in [6.45, 7) is 7.66. The maximum atomic E-state index is 11.7. The predicted octanol–water partition coefficient (Wildman–Crippen LogP) is 4.70. The molecule has 2 N–H and O–H groups in total. The summed E-state index contributed by atoms with van der Waals surface area (Å²) in [6.07, 6.45) is 1.44. The number of ether oxygens (including phenoxy) is 1. The van der Waals surface area contributed by atoms with E-state index >= 15 is 0 Å². The number of carbonyl (C=O) groups excluding carboxylic acids is 1. The SMILES string of the molecule is CC(NC1CC(NC(=O)OC(C)(C)C)C1)c1ccc(Cl)c(Cl)c1. The van der Waals surface area contributed by atoms with Gasteiger partial charge in [0, 0.05) is 18.1 Å². The number of amides is 1. The molecule has 0 spiro atoms.